The lowest BCUT2D eigenvalue weighted by molar-refractivity contribution is -0.274. The minimum atomic E-state index is -4.78. The minimum Gasteiger partial charge on any atom is -0.505 e. The van der Waals surface area contributed by atoms with Crippen molar-refractivity contribution < 1.29 is 27.4 Å². The molecular formula is C18H21Cl2F4N3O2. The van der Waals surface area contributed by atoms with Crippen LogP contribution in [0, 0.1) is 5.82 Å². The van der Waals surface area contributed by atoms with Gasteiger partial charge in [0, 0.05) is 37.8 Å². The molecular weight excluding hydrogens is 437 g/mol. The molecule has 5 nitrogen and oxygen atoms in total. The summed E-state index contributed by atoms with van der Waals surface area (Å²) >= 11 is 0. The summed E-state index contributed by atoms with van der Waals surface area (Å²) in [5.74, 6) is -1.19. The Kier molecular flexibility index (Phi) is 8.83. The van der Waals surface area contributed by atoms with Crippen LogP contribution in [0.5, 0.6) is 11.5 Å². The van der Waals surface area contributed by atoms with Crippen molar-refractivity contribution in [3.63, 3.8) is 0 Å². The van der Waals surface area contributed by atoms with Crippen LogP contribution in [0.3, 0.4) is 0 Å². The first kappa shape index (κ1) is 25.1. The van der Waals surface area contributed by atoms with Crippen LogP contribution >= 0.6 is 24.8 Å². The molecule has 1 aliphatic rings. The number of anilines is 1. The van der Waals surface area contributed by atoms with E-state index >= 15 is 0 Å². The second-order valence-corrected chi connectivity index (χ2v) is 6.24. The van der Waals surface area contributed by atoms with Crippen LogP contribution < -0.4 is 15.8 Å². The van der Waals surface area contributed by atoms with Crippen LogP contribution in [-0.2, 0) is 0 Å². The Morgan fingerprint density at radius 2 is 1.66 bits per heavy atom. The molecule has 0 unspecified atom stereocenters. The number of aromatic hydroxyl groups is 1. The van der Waals surface area contributed by atoms with Crippen LogP contribution in [-0.4, -0.2) is 42.5 Å². The quantitative estimate of drug-likeness (QED) is 0.369. The fraction of sp³-hybridized carbons (Fsp3) is 0.333. The highest BCUT2D eigenvalue weighted by Gasteiger charge is 2.32. The zero-order chi connectivity index (χ0) is 19.6. The van der Waals surface area contributed by atoms with E-state index < -0.39 is 18.2 Å². The van der Waals surface area contributed by atoms with Gasteiger partial charge >= 0.3 is 6.36 Å². The Hall–Kier alpha value is -1.94. The predicted octanol–water partition coefficient (Wildman–Crippen LogP) is 3.85. The summed E-state index contributed by atoms with van der Waals surface area (Å²) in [6.07, 6.45) is -4.78. The number of benzene rings is 2. The second kappa shape index (κ2) is 10.2. The maximum absolute atomic E-state index is 13.9. The summed E-state index contributed by atoms with van der Waals surface area (Å²) in [4.78, 5) is 2.00. The maximum Gasteiger partial charge on any atom is 0.573 e. The first-order valence-corrected chi connectivity index (χ1v) is 8.33. The van der Waals surface area contributed by atoms with E-state index in [1.807, 2.05) is 4.90 Å². The van der Waals surface area contributed by atoms with Gasteiger partial charge in [0.25, 0.3) is 0 Å². The topological polar surface area (TPSA) is 70.8 Å². The van der Waals surface area contributed by atoms with E-state index in [1.165, 1.54) is 30.3 Å². The summed E-state index contributed by atoms with van der Waals surface area (Å²) < 4.78 is 54.9. The largest absolute Gasteiger partial charge is 0.573 e. The Balaban J connectivity index is 0.00000210. The Morgan fingerprint density at radius 1 is 1.07 bits per heavy atom. The van der Waals surface area contributed by atoms with E-state index in [2.05, 4.69) is 10.1 Å². The van der Waals surface area contributed by atoms with E-state index in [1.54, 1.807) is 0 Å². The van der Waals surface area contributed by atoms with E-state index in [0.29, 0.717) is 31.7 Å². The maximum atomic E-state index is 13.9. The lowest BCUT2D eigenvalue weighted by atomic mass is 9.94. The normalized spacial score (nSPS) is 15.7. The number of alkyl halides is 3. The molecule has 0 radical (unpaired) electrons. The van der Waals surface area contributed by atoms with E-state index in [-0.39, 0.29) is 47.6 Å². The Morgan fingerprint density at radius 3 is 2.21 bits per heavy atom. The molecule has 1 heterocycles. The van der Waals surface area contributed by atoms with Crippen LogP contribution in [0.2, 0.25) is 0 Å². The molecule has 162 valence electrons. The molecule has 2 aromatic carbocycles. The number of nitrogens with one attached hydrogen (secondary N) is 1. The highest BCUT2D eigenvalue weighted by molar-refractivity contribution is 5.85. The monoisotopic (exact) mass is 457 g/mol. The summed E-state index contributed by atoms with van der Waals surface area (Å²) in [6.45, 7) is 2.61. The molecule has 1 aliphatic heterocycles. The molecule has 4 N–H and O–H groups in total. The molecule has 2 aromatic rings. The smallest absolute Gasteiger partial charge is 0.505 e. The lowest BCUT2D eigenvalue weighted by Crippen LogP contribution is -2.45. The number of phenolic OH excluding ortho intramolecular Hbond substituents is 1. The number of rotatable bonds is 4. The third-order valence-corrected chi connectivity index (χ3v) is 4.37. The zero-order valence-electron chi connectivity index (χ0n) is 15.1. The van der Waals surface area contributed by atoms with Gasteiger partial charge in [0.15, 0.2) is 0 Å². The zero-order valence-corrected chi connectivity index (χ0v) is 16.7. The van der Waals surface area contributed by atoms with Crippen molar-refractivity contribution in [1.82, 2.24) is 10.2 Å². The number of nitrogen functional groups attached to an aromatic ring is 1. The number of halogens is 6. The molecule has 0 amide bonds. The number of ether oxygens (including phenoxy) is 1. The molecule has 11 heteroatoms. The van der Waals surface area contributed by atoms with Gasteiger partial charge in [-0.15, -0.1) is 38.0 Å². The molecule has 29 heavy (non-hydrogen) atoms. The first-order chi connectivity index (χ1) is 12.7. The second-order valence-electron chi connectivity index (χ2n) is 6.24. The van der Waals surface area contributed by atoms with Crippen molar-refractivity contribution in [2.75, 3.05) is 31.9 Å². The number of hydrogen-bond donors (Lipinski definition) is 3. The van der Waals surface area contributed by atoms with Gasteiger partial charge in [-0.25, -0.2) is 4.39 Å². The predicted molar refractivity (Wildman–Crippen MR) is 106 cm³/mol. The number of nitrogens with zero attached hydrogens (tertiary/aromatic N) is 1. The van der Waals surface area contributed by atoms with Gasteiger partial charge in [0.1, 0.15) is 17.3 Å². The highest BCUT2D eigenvalue weighted by Crippen LogP contribution is 2.38. The number of piperazine rings is 1. The molecule has 0 bridgehead atoms. The summed E-state index contributed by atoms with van der Waals surface area (Å²) in [5, 5.41) is 13.6. The molecule has 1 saturated heterocycles. The molecule has 1 fully saturated rings. The van der Waals surface area contributed by atoms with Crippen LogP contribution in [0.25, 0.3) is 0 Å². The summed E-state index contributed by atoms with van der Waals surface area (Å²) in [7, 11) is 0. The van der Waals surface area contributed by atoms with Crippen LogP contribution in [0.4, 0.5) is 23.2 Å². The third-order valence-electron chi connectivity index (χ3n) is 4.37. The summed E-state index contributed by atoms with van der Waals surface area (Å²) in [6, 6.07) is 6.97. The molecule has 1 atom stereocenters. The van der Waals surface area contributed by atoms with Gasteiger partial charge in [0.2, 0.25) is 0 Å². The number of phenols is 1. The average molecular weight is 458 g/mol. The molecule has 0 spiro atoms. The van der Waals surface area contributed by atoms with Gasteiger partial charge in [-0.05, 0) is 23.8 Å². The Bertz CT molecular complexity index is 801. The van der Waals surface area contributed by atoms with Gasteiger partial charge in [-0.1, -0.05) is 12.1 Å². The van der Waals surface area contributed by atoms with Crippen molar-refractivity contribution in [1.29, 1.82) is 0 Å². The third kappa shape index (κ3) is 6.27. The van der Waals surface area contributed by atoms with E-state index in [9.17, 15) is 22.7 Å². The van der Waals surface area contributed by atoms with Gasteiger partial charge in [-0.2, -0.15) is 0 Å². The van der Waals surface area contributed by atoms with Crippen molar-refractivity contribution >= 4 is 30.5 Å². The molecule has 0 aliphatic carbocycles. The van der Waals surface area contributed by atoms with Crippen LogP contribution in [0.1, 0.15) is 17.2 Å². The van der Waals surface area contributed by atoms with Gasteiger partial charge in [-0.3, -0.25) is 4.90 Å². The van der Waals surface area contributed by atoms with Crippen molar-refractivity contribution in [2.24, 2.45) is 0 Å². The van der Waals surface area contributed by atoms with Crippen molar-refractivity contribution in [2.45, 2.75) is 12.4 Å². The van der Waals surface area contributed by atoms with Gasteiger partial charge in [0.05, 0.1) is 11.7 Å². The number of nitrogens with two attached hydrogens (primary N) is 1. The van der Waals surface area contributed by atoms with Crippen LogP contribution in [0.15, 0.2) is 36.4 Å². The minimum absolute atomic E-state index is 0. The standard InChI is InChI=1S/C18H19F4N3O2.2ClH/c19-12-9-14(17(26)15(23)10-12)16(25-7-5-24-6-8-25)11-1-3-13(4-2-11)27-18(20,21)22;;/h1-4,9-10,16,24,26H,5-8,23H2;2*1H/t16-;;/m0../s1. The summed E-state index contributed by atoms with van der Waals surface area (Å²) in [5.41, 5.74) is 6.45. The average Bonchev–Trinajstić information content (AvgIpc) is 2.60. The highest BCUT2D eigenvalue weighted by atomic mass is 35.5. The van der Waals surface area contributed by atoms with Crippen molar-refractivity contribution in [3.8, 4) is 11.5 Å². The molecule has 3 rings (SSSR count). The fourth-order valence-corrected chi connectivity index (χ4v) is 3.23. The fourth-order valence-electron chi connectivity index (χ4n) is 3.23. The van der Waals surface area contributed by atoms with Gasteiger partial charge < -0.3 is 20.9 Å². The molecule has 0 saturated carbocycles. The Labute approximate surface area is 177 Å². The van der Waals surface area contributed by atoms with E-state index in [4.69, 9.17) is 5.73 Å². The first-order valence-electron chi connectivity index (χ1n) is 8.33. The lowest BCUT2D eigenvalue weighted by Gasteiger charge is -2.36. The van der Waals surface area contributed by atoms with E-state index in [0.717, 1.165) is 6.07 Å². The molecule has 0 aromatic heterocycles. The SMILES string of the molecule is Cl.Cl.Nc1cc(F)cc([C@H](c2ccc(OC(F)(F)F)cc2)N2CCNCC2)c1O. The number of hydrogen-bond acceptors (Lipinski definition) is 5. The van der Waals surface area contributed by atoms with Crippen molar-refractivity contribution in [3.05, 3.63) is 53.3 Å².